The van der Waals surface area contributed by atoms with Crippen molar-refractivity contribution in [3.63, 3.8) is 0 Å². The van der Waals surface area contributed by atoms with Gasteiger partial charge < -0.3 is 14.4 Å². The highest BCUT2D eigenvalue weighted by Gasteiger charge is 2.43. The number of imide groups is 1. The van der Waals surface area contributed by atoms with Gasteiger partial charge in [0, 0.05) is 18.3 Å². The molecule has 0 unspecified atom stereocenters. The third-order valence-corrected chi connectivity index (χ3v) is 5.32. The molecule has 3 aromatic rings. The maximum atomic E-state index is 13.7. The van der Waals surface area contributed by atoms with E-state index in [-0.39, 0.29) is 0 Å². The van der Waals surface area contributed by atoms with Crippen molar-refractivity contribution in [2.24, 2.45) is 0 Å². The fraction of sp³-hybridized carbons (Fsp3) is 0.154. The molecule has 0 radical (unpaired) electrons. The van der Waals surface area contributed by atoms with Gasteiger partial charge >= 0.3 is 0 Å². The summed E-state index contributed by atoms with van der Waals surface area (Å²) < 4.78 is 11.0. The van der Waals surface area contributed by atoms with Crippen LogP contribution in [-0.2, 0) is 9.59 Å². The highest BCUT2D eigenvalue weighted by Crippen LogP contribution is 2.39. The number of hydrogen-bond donors (Lipinski definition) is 0. The molecule has 0 bridgehead atoms. The van der Waals surface area contributed by atoms with E-state index in [9.17, 15) is 9.59 Å². The Kier molecular flexibility index (Phi) is 5.94. The summed E-state index contributed by atoms with van der Waals surface area (Å²) in [7, 11) is 3.33. The zero-order chi connectivity index (χ0) is 22.7. The molecule has 4 rings (SSSR count). The monoisotopic (exact) mass is 428 g/mol. The number of nitrogens with zero attached hydrogens (tertiary/aromatic N) is 2. The second-order valence-corrected chi connectivity index (χ2v) is 7.19. The zero-order valence-electron chi connectivity index (χ0n) is 18.2. The summed E-state index contributed by atoms with van der Waals surface area (Å²) >= 11 is 0. The van der Waals surface area contributed by atoms with Crippen LogP contribution in [0, 0.1) is 0 Å². The normalized spacial score (nSPS) is 13.5. The summed E-state index contributed by atoms with van der Waals surface area (Å²) in [5, 5.41) is 0. The Balaban J connectivity index is 1.85. The summed E-state index contributed by atoms with van der Waals surface area (Å²) in [4.78, 5) is 30.3. The smallest absolute Gasteiger partial charge is 0.282 e. The Hall–Kier alpha value is -4.06. The minimum atomic E-state index is -0.401. The van der Waals surface area contributed by atoms with Gasteiger partial charge in [0.25, 0.3) is 11.8 Å². The number of carbonyl (C=O) groups is 2. The summed E-state index contributed by atoms with van der Waals surface area (Å²) in [6.45, 7) is 2.43. The highest BCUT2D eigenvalue weighted by atomic mass is 16.5. The third kappa shape index (κ3) is 3.71. The van der Waals surface area contributed by atoms with Crippen LogP contribution in [0.5, 0.6) is 11.5 Å². The zero-order valence-corrected chi connectivity index (χ0v) is 18.2. The third-order valence-electron chi connectivity index (χ3n) is 5.32. The molecule has 0 fully saturated rings. The minimum absolute atomic E-state index is 0.291. The maximum Gasteiger partial charge on any atom is 0.282 e. The van der Waals surface area contributed by atoms with E-state index in [1.54, 1.807) is 55.5 Å². The molecule has 0 spiro atoms. The first-order valence-electron chi connectivity index (χ1n) is 10.3. The van der Waals surface area contributed by atoms with Crippen LogP contribution in [0.1, 0.15) is 12.5 Å². The Bertz CT molecular complexity index is 1170. The van der Waals surface area contributed by atoms with Crippen molar-refractivity contribution in [2.75, 3.05) is 30.6 Å². The van der Waals surface area contributed by atoms with Crippen LogP contribution in [0.2, 0.25) is 0 Å². The Morgan fingerprint density at radius 3 is 2.16 bits per heavy atom. The number of hydrogen-bond acceptors (Lipinski definition) is 5. The molecular formula is C26H24N2O4. The number of carbonyl (C=O) groups excluding carboxylic acids is 2. The van der Waals surface area contributed by atoms with Crippen LogP contribution >= 0.6 is 0 Å². The molecule has 6 heteroatoms. The van der Waals surface area contributed by atoms with Gasteiger partial charge in [0.1, 0.15) is 17.2 Å². The molecule has 32 heavy (non-hydrogen) atoms. The van der Waals surface area contributed by atoms with Crippen molar-refractivity contribution in [1.29, 1.82) is 0 Å². The van der Waals surface area contributed by atoms with E-state index < -0.39 is 11.8 Å². The molecule has 0 aromatic heterocycles. The first-order chi connectivity index (χ1) is 15.6. The van der Waals surface area contributed by atoms with Crippen molar-refractivity contribution in [3.05, 3.63) is 90.1 Å². The average molecular weight is 428 g/mol. The van der Waals surface area contributed by atoms with Gasteiger partial charge in [0.15, 0.2) is 0 Å². The molecule has 2 amide bonds. The number of para-hydroxylation sites is 2. The molecule has 162 valence electrons. The van der Waals surface area contributed by atoms with Gasteiger partial charge in [-0.2, -0.15) is 0 Å². The van der Waals surface area contributed by atoms with Gasteiger partial charge in [0.05, 0.1) is 25.0 Å². The Morgan fingerprint density at radius 1 is 0.844 bits per heavy atom. The highest BCUT2D eigenvalue weighted by molar-refractivity contribution is 6.46. The van der Waals surface area contributed by atoms with Gasteiger partial charge in [-0.05, 0) is 49.4 Å². The summed E-state index contributed by atoms with van der Waals surface area (Å²) in [6.07, 6.45) is 0. The predicted molar refractivity (Wildman–Crippen MR) is 125 cm³/mol. The van der Waals surface area contributed by atoms with Crippen LogP contribution < -0.4 is 19.3 Å². The van der Waals surface area contributed by atoms with Crippen molar-refractivity contribution in [3.8, 4) is 11.5 Å². The fourth-order valence-corrected chi connectivity index (χ4v) is 3.80. The molecule has 3 aromatic carbocycles. The lowest BCUT2D eigenvalue weighted by Gasteiger charge is -2.21. The first-order valence-corrected chi connectivity index (χ1v) is 10.3. The van der Waals surface area contributed by atoms with Crippen LogP contribution in [-0.4, -0.2) is 32.6 Å². The molecule has 0 atom stereocenters. The topological polar surface area (TPSA) is 59.1 Å². The molecule has 0 saturated heterocycles. The van der Waals surface area contributed by atoms with Crippen LogP contribution in [0.4, 0.5) is 11.4 Å². The number of anilines is 2. The molecule has 1 aliphatic rings. The number of amides is 2. The van der Waals surface area contributed by atoms with Crippen molar-refractivity contribution >= 4 is 28.8 Å². The second kappa shape index (κ2) is 8.98. The Morgan fingerprint density at radius 2 is 1.50 bits per heavy atom. The second-order valence-electron chi connectivity index (χ2n) is 7.19. The lowest BCUT2D eigenvalue weighted by Crippen LogP contribution is -2.34. The lowest BCUT2D eigenvalue weighted by atomic mass is 10.0. The summed E-state index contributed by atoms with van der Waals surface area (Å²) in [6, 6.07) is 23.6. The molecule has 0 N–H and O–H groups in total. The van der Waals surface area contributed by atoms with Gasteiger partial charge in [-0.3, -0.25) is 9.59 Å². The molecular weight excluding hydrogens is 404 g/mol. The van der Waals surface area contributed by atoms with E-state index >= 15 is 0 Å². The minimum Gasteiger partial charge on any atom is -0.496 e. The van der Waals surface area contributed by atoms with E-state index in [4.69, 9.17) is 9.47 Å². The van der Waals surface area contributed by atoms with Crippen LogP contribution in [0.3, 0.4) is 0 Å². The maximum absolute atomic E-state index is 13.7. The average Bonchev–Trinajstić information content (AvgIpc) is 3.09. The molecule has 1 aliphatic heterocycles. The number of likely N-dealkylation sites (N-methyl/N-ethyl adjacent to an activating group) is 1. The standard InChI is InChI=1S/C26H24N2O4/c1-4-32-20-16-14-19(15-17-20)28-25(29)23(21-12-8-9-13-22(21)31-3)24(26(28)30)27(2)18-10-6-5-7-11-18/h5-17H,4H2,1-3H3. The summed E-state index contributed by atoms with van der Waals surface area (Å²) in [5.41, 5.74) is 2.43. The largest absolute Gasteiger partial charge is 0.496 e. The van der Waals surface area contributed by atoms with Gasteiger partial charge in [-0.1, -0.05) is 36.4 Å². The molecule has 6 nitrogen and oxygen atoms in total. The predicted octanol–water partition coefficient (Wildman–Crippen LogP) is 4.51. The van der Waals surface area contributed by atoms with Gasteiger partial charge in [-0.25, -0.2) is 4.90 Å². The van der Waals surface area contributed by atoms with Crippen molar-refractivity contribution < 1.29 is 19.1 Å². The number of ether oxygens (including phenoxy) is 2. The van der Waals surface area contributed by atoms with E-state index in [2.05, 4.69) is 0 Å². The fourth-order valence-electron chi connectivity index (χ4n) is 3.80. The number of methoxy groups -OCH3 is 1. The number of rotatable bonds is 7. The SMILES string of the molecule is CCOc1ccc(N2C(=O)C(c3ccccc3OC)=C(N(C)c3ccccc3)C2=O)cc1. The van der Waals surface area contributed by atoms with Crippen LogP contribution in [0.25, 0.3) is 5.57 Å². The van der Waals surface area contributed by atoms with E-state index in [1.165, 1.54) is 4.90 Å². The quantitative estimate of drug-likeness (QED) is 0.518. The van der Waals surface area contributed by atoms with E-state index in [0.717, 1.165) is 5.69 Å². The van der Waals surface area contributed by atoms with E-state index in [0.29, 0.717) is 40.6 Å². The molecule has 1 heterocycles. The van der Waals surface area contributed by atoms with Crippen molar-refractivity contribution in [1.82, 2.24) is 0 Å². The van der Waals surface area contributed by atoms with Gasteiger partial charge in [-0.15, -0.1) is 0 Å². The summed E-state index contributed by atoms with van der Waals surface area (Å²) in [5.74, 6) is 0.402. The number of benzene rings is 3. The lowest BCUT2D eigenvalue weighted by molar-refractivity contribution is -0.120. The molecule has 0 saturated carbocycles. The Labute approximate surface area is 187 Å². The first kappa shape index (κ1) is 21.2. The van der Waals surface area contributed by atoms with Crippen molar-refractivity contribution in [2.45, 2.75) is 6.92 Å². The van der Waals surface area contributed by atoms with Crippen LogP contribution in [0.15, 0.2) is 84.6 Å². The van der Waals surface area contributed by atoms with E-state index in [1.807, 2.05) is 49.4 Å². The molecule has 0 aliphatic carbocycles. The van der Waals surface area contributed by atoms with Gasteiger partial charge in [0.2, 0.25) is 0 Å².